The summed E-state index contributed by atoms with van der Waals surface area (Å²) >= 11 is 0. The Bertz CT molecular complexity index is 706. The lowest BCUT2D eigenvalue weighted by Crippen LogP contribution is -1.90. The highest BCUT2D eigenvalue weighted by atomic mass is 14.1. The van der Waals surface area contributed by atoms with E-state index in [2.05, 4.69) is 92.7 Å². The summed E-state index contributed by atoms with van der Waals surface area (Å²) in [6.45, 7) is 4.52. The zero-order chi connectivity index (χ0) is 15.4. The molecule has 0 aromatic heterocycles. The number of hydrogen-bond donors (Lipinski definition) is 0. The summed E-state index contributed by atoms with van der Waals surface area (Å²) in [4.78, 5) is 0. The van der Waals surface area contributed by atoms with Gasteiger partial charge in [0.05, 0.1) is 0 Å². The Hall–Kier alpha value is -2.34. The van der Waals surface area contributed by atoms with Crippen LogP contribution in [0.25, 0.3) is 22.3 Å². The van der Waals surface area contributed by atoms with Crippen LogP contribution >= 0.6 is 0 Å². The predicted octanol–water partition coefficient (Wildman–Crippen LogP) is 6.53. The number of hydrogen-bond acceptors (Lipinski definition) is 0. The topological polar surface area (TPSA) is 0 Å². The van der Waals surface area contributed by atoms with Crippen molar-refractivity contribution in [3.63, 3.8) is 0 Å². The van der Waals surface area contributed by atoms with Gasteiger partial charge < -0.3 is 0 Å². The summed E-state index contributed by atoms with van der Waals surface area (Å²) < 4.78 is 0. The Morgan fingerprint density at radius 1 is 0.591 bits per heavy atom. The first-order valence-electron chi connectivity index (χ1n) is 8.03. The van der Waals surface area contributed by atoms with E-state index in [1.807, 2.05) is 0 Å². The van der Waals surface area contributed by atoms with E-state index < -0.39 is 0 Å². The fourth-order valence-electron chi connectivity index (χ4n) is 2.73. The molecular weight excluding hydrogens is 264 g/mol. The third-order valence-electron chi connectivity index (χ3n) is 4.42. The van der Waals surface area contributed by atoms with E-state index in [0.29, 0.717) is 5.92 Å². The molecule has 0 saturated heterocycles. The SMILES string of the molecule is CCC(C)c1ccc(-c2ccc(-c3ccccc3)cc2)cc1. The first kappa shape index (κ1) is 14.6. The van der Waals surface area contributed by atoms with E-state index in [0.717, 1.165) is 0 Å². The average Bonchev–Trinajstić information content (AvgIpc) is 2.62. The van der Waals surface area contributed by atoms with Crippen molar-refractivity contribution in [2.45, 2.75) is 26.2 Å². The van der Waals surface area contributed by atoms with Crippen molar-refractivity contribution in [3.8, 4) is 22.3 Å². The number of benzene rings is 3. The fourth-order valence-corrected chi connectivity index (χ4v) is 2.73. The van der Waals surface area contributed by atoms with Crippen molar-refractivity contribution >= 4 is 0 Å². The van der Waals surface area contributed by atoms with Gasteiger partial charge in [-0.25, -0.2) is 0 Å². The molecule has 1 unspecified atom stereocenters. The molecule has 0 aliphatic heterocycles. The Morgan fingerprint density at radius 2 is 1.00 bits per heavy atom. The Balaban J connectivity index is 1.84. The standard InChI is InChI=1S/C22H22/c1-3-17(2)18-9-11-21(12-10-18)22-15-13-20(14-16-22)19-7-5-4-6-8-19/h4-17H,3H2,1-2H3. The van der Waals surface area contributed by atoms with Gasteiger partial charge in [0.1, 0.15) is 0 Å². The molecule has 3 aromatic carbocycles. The van der Waals surface area contributed by atoms with E-state index in [4.69, 9.17) is 0 Å². The molecule has 0 nitrogen and oxygen atoms in total. The Morgan fingerprint density at radius 3 is 1.45 bits per heavy atom. The largest absolute Gasteiger partial charge is 0.0648 e. The molecule has 0 heterocycles. The Labute approximate surface area is 133 Å². The molecule has 0 fully saturated rings. The second-order valence-corrected chi connectivity index (χ2v) is 5.87. The maximum absolute atomic E-state index is 2.28. The van der Waals surface area contributed by atoms with Gasteiger partial charge in [-0.3, -0.25) is 0 Å². The quantitative estimate of drug-likeness (QED) is 0.511. The highest BCUT2D eigenvalue weighted by Gasteiger charge is 2.04. The van der Waals surface area contributed by atoms with Crippen LogP contribution in [0.4, 0.5) is 0 Å². The molecular formula is C22H22. The van der Waals surface area contributed by atoms with Crippen molar-refractivity contribution in [1.29, 1.82) is 0 Å². The minimum absolute atomic E-state index is 0.634. The lowest BCUT2D eigenvalue weighted by atomic mass is 9.95. The molecule has 22 heavy (non-hydrogen) atoms. The minimum Gasteiger partial charge on any atom is -0.0648 e. The average molecular weight is 286 g/mol. The van der Waals surface area contributed by atoms with Crippen LogP contribution in [-0.4, -0.2) is 0 Å². The molecule has 0 aliphatic carbocycles. The summed E-state index contributed by atoms with van der Waals surface area (Å²) in [7, 11) is 0. The van der Waals surface area contributed by atoms with E-state index in [1.54, 1.807) is 0 Å². The molecule has 3 aromatic rings. The molecule has 3 rings (SSSR count). The van der Waals surface area contributed by atoms with Gasteiger partial charge in [0.15, 0.2) is 0 Å². The molecule has 0 spiro atoms. The lowest BCUT2D eigenvalue weighted by molar-refractivity contribution is 0.734. The van der Waals surface area contributed by atoms with Crippen LogP contribution in [0.3, 0.4) is 0 Å². The van der Waals surface area contributed by atoms with E-state index >= 15 is 0 Å². The van der Waals surface area contributed by atoms with Gasteiger partial charge in [-0.2, -0.15) is 0 Å². The monoisotopic (exact) mass is 286 g/mol. The van der Waals surface area contributed by atoms with Crippen molar-refractivity contribution in [2.75, 3.05) is 0 Å². The van der Waals surface area contributed by atoms with Gasteiger partial charge >= 0.3 is 0 Å². The summed E-state index contributed by atoms with van der Waals surface area (Å²) in [5.74, 6) is 0.634. The third kappa shape index (κ3) is 3.12. The molecule has 0 amide bonds. The van der Waals surface area contributed by atoms with Gasteiger partial charge in [0.25, 0.3) is 0 Å². The minimum atomic E-state index is 0.634. The van der Waals surface area contributed by atoms with E-state index in [1.165, 1.54) is 34.2 Å². The zero-order valence-corrected chi connectivity index (χ0v) is 13.3. The number of rotatable bonds is 4. The maximum atomic E-state index is 2.28. The Kier molecular flexibility index (Phi) is 4.39. The highest BCUT2D eigenvalue weighted by molar-refractivity contribution is 5.70. The highest BCUT2D eigenvalue weighted by Crippen LogP contribution is 2.26. The molecule has 0 radical (unpaired) electrons. The van der Waals surface area contributed by atoms with Crippen LogP contribution in [0.2, 0.25) is 0 Å². The molecule has 1 atom stereocenters. The van der Waals surface area contributed by atoms with Crippen molar-refractivity contribution in [2.24, 2.45) is 0 Å². The third-order valence-corrected chi connectivity index (χ3v) is 4.42. The van der Waals surface area contributed by atoms with Crippen LogP contribution in [0.15, 0.2) is 78.9 Å². The summed E-state index contributed by atoms with van der Waals surface area (Å²) in [6, 6.07) is 28.3. The summed E-state index contributed by atoms with van der Waals surface area (Å²) in [5.41, 5.74) is 6.51. The normalized spacial score (nSPS) is 12.1. The molecule has 110 valence electrons. The molecule has 0 aliphatic rings. The summed E-state index contributed by atoms with van der Waals surface area (Å²) in [5, 5.41) is 0. The maximum Gasteiger partial charge on any atom is -0.0184 e. The fraction of sp³-hybridized carbons (Fsp3) is 0.182. The second kappa shape index (κ2) is 6.62. The van der Waals surface area contributed by atoms with E-state index in [-0.39, 0.29) is 0 Å². The van der Waals surface area contributed by atoms with Gasteiger partial charge in [-0.05, 0) is 40.2 Å². The molecule has 0 bridgehead atoms. The van der Waals surface area contributed by atoms with Crippen LogP contribution < -0.4 is 0 Å². The second-order valence-electron chi connectivity index (χ2n) is 5.87. The summed E-state index contributed by atoms with van der Waals surface area (Å²) in [6.07, 6.45) is 1.19. The van der Waals surface area contributed by atoms with Gasteiger partial charge in [-0.15, -0.1) is 0 Å². The van der Waals surface area contributed by atoms with Gasteiger partial charge in [-0.1, -0.05) is 92.7 Å². The first-order valence-corrected chi connectivity index (χ1v) is 8.03. The molecule has 0 N–H and O–H groups in total. The van der Waals surface area contributed by atoms with Crippen LogP contribution in [0, 0.1) is 0 Å². The van der Waals surface area contributed by atoms with Crippen molar-refractivity contribution in [3.05, 3.63) is 84.4 Å². The van der Waals surface area contributed by atoms with Gasteiger partial charge in [0.2, 0.25) is 0 Å². The van der Waals surface area contributed by atoms with Crippen LogP contribution in [0.1, 0.15) is 31.7 Å². The predicted molar refractivity (Wildman–Crippen MR) is 96.0 cm³/mol. The lowest BCUT2D eigenvalue weighted by Gasteiger charge is -2.10. The first-order chi connectivity index (χ1) is 10.8. The molecule has 0 saturated carbocycles. The zero-order valence-electron chi connectivity index (χ0n) is 13.3. The van der Waals surface area contributed by atoms with Crippen LogP contribution in [-0.2, 0) is 0 Å². The smallest absolute Gasteiger partial charge is 0.0184 e. The molecule has 0 heteroatoms. The van der Waals surface area contributed by atoms with Gasteiger partial charge in [0, 0.05) is 0 Å². The van der Waals surface area contributed by atoms with E-state index in [9.17, 15) is 0 Å². The van der Waals surface area contributed by atoms with Crippen molar-refractivity contribution < 1.29 is 0 Å². The van der Waals surface area contributed by atoms with Crippen LogP contribution in [0.5, 0.6) is 0 Å². The van der Waals surface area contributed by atoms with Crippen molar-refractivity contribution in [1.82, 2.24) is 0 Å².